The molecule has 0 bridgehead atoms. The van der Waals surface area contributed by atoms with Crippen molar-refractivity contribution in [2.24, 2.45) is 10.8 Å². The summed E-state index contributed by atoms with van der Waals surface area (Å²) in [6, 6.07) is 0.491. The molecular formula is C15H29NO2. The lowest BCUT2D eigenvalue weighted by Gasteiger charge is -2.37. The lowest BCUT2D eigenvalue weighted by atomic mass is 9.74. The normalized spacial score (nSPS) is 23.9. The fourth-order valence-corrected chi connectivity index (χ4v) is 3.09. The van der Waals surface area contributed by atoms with Gasteiger partial charge in [-0.2, -0.15) is 0 Å². The van der Waals surface area contributed by atoms with Crippen molar-refractivity contribution in [3.05, 3.63) is 0 Å². The Hall–Kier alpha value is -0.570. The molecule has 1 rings (SSSR count). The molecule has 0 heterocycles. The van der Waals surface area contributed by atoms with Crippen molar-refractivity contribution in [2.75, 3.05) is 6.54 Å². The van der Waals surface area contributed by atoms with Crippen LogP contribution in [-0.2, 0) is 4.79 Å². The van der Waals surface area contributed by atoms with Gasteiger partial charge < -0.3 is 10.4 Å². The molecule has 18 heavy (non-hydrogen) atoms. The third-order valence-corrected chi connectivity index (χ3v) is 4.74. The zero-order chi connectivity index (χ0) is 13.8. The SMILES string of the molecule is CCC(CC)(CNC1CCCC(C)(C)C1)C(=O)O. The Labute approximate surface area is 111 Å². The highest BCUT2D eigenvalue weighted by Gasteiger charge is 2.36. The first kappa shape index (κ1) is 15.5. The average molecular weight is 255 g/mol. The second kappa shape index (κ2) is 6.05. The van der Waals surface area contributed by atoms with Crippen LogP contribution in [-0.4, -0.2) is 23.7 Å². The van der Waals surface area contributed by atoms with Crippen LogP contribution in [0.15, 0.2) is 0 Å². The van der Waals surface area contributed by atoms with Crippen LogP contribution < -0.4 is 5.32 Å². The van der Waals surface area contributed by atoms with Crippen LogP contribution in [0.1, 0.15) is 66.2 Å². The van der Waals surface area contributed by atoms with Crippen molar-refractivity contribution in [3.8, 4) is 0 Å². The van der Waals surface area contributed by atoms with E-state index in [9.17, 15) is 9.90 Å². The highest BCUT2D eigenvalue weighted by atomic mass is 16.4. The zero-order valence-corrected chi connectivity index (χ0v) is 12.4. The molecule has 0 radical (unpaired) electrons. The maximum Gasteiger partial charge on any atom is 0.310 e. The van der Waals surface area contributed by atoms with Gasteiger partial charge in [-0.25, -0.2) is 0 Å². The molecule has 0 spiro atoms. The molecule has 1 saturated carbocycles. The first-order chi connectivity index (χ1) is 8.35. The number of aliphatic carboxylic acids is 1. The van der Waals surface area contributed by atoms with Crippen LogP contribution in [0, 0.1) is 10.8 Å². The van der Waals surface area contributed by atoms with Crippen LogP contribution >= 0.6 is 0 Å². The van der Waals surface area contributed by atoms with Gasteiger partial charge in [0.05, 0.1) is 5.41 Å². The Bertz CT molecular complexity index is 282. The number of carbonyl (C=O) groups is 1. The van der Waals surface area contributed by atoms with Crippen LogP contribution in [0.3, 0.4) is 0 Å². The van der Waals surface area contributed by atoms with Crippen LogP contribution in [0.25, 0.3) is 0 Å². The standard InChI is InChI=1S/C15H29NO2/c1-5-15(6-2,13(17)18)11-16-12-8-7-9-14(3,4)10-12/h12,16H,5-11H2,1-4H3,(H,17,18). The smallest absolute Gasteiger partial charge is 0.310 e. The summed E-state index contributed by atoms with van der Waals surface area (Å²) in [5.41, 5.74) is -0.179. The number of rotatable bonds is 6. The van der Waals surface area contributed by atoms with Gasteiger partial charge in [-0.3, -0.25) is 4.79 Å². The Morgan fingerprint density at radius 3 is 2.44 bits per heavy atom. The Morgan fingerprint density at radius 2 is 2.00 bits per heavy atom. The third kappa shape index (κ3) is 3.71. The van der Waals surface area contributed by atoms with E-state index >= 15 is 0 Å². The first-order valence-electron chi connectivity index (χ1n) is 7.32. The maximum atomic E-state index is 11.4. The molecule has 3 nitrogen and oxygen atoms in total. The van der Waals surface area contributed by atoms with E-state index in [1.807, 2.05) is 13.8 Å². The lowest BCUT2D eigenvalue weighted by molar-refractivity contribution is -0.149. The molecule has 0 saturated heterocycles. The summed E-state index contributed by atoms with van der Waals surface area (Å²) < 4.78 is 0. The molecule has 1 aliphatic carbocycles. The van der Waals surface area contributed by atoms with E-state index in [-0.39, 0.29) is 0 Å². The van der Waals surface area contributed by atoms with Crippen molar-refractivity contribution >= 4 is 5.97 Å². The minimum atomic E-state index is -0.657. The minimum Gasteiger partial charge on any atom is -0.481 e. The predicted molar refractivity (Wildman–Crippen MR) is 74.7 cm³/mol. The summed E-state index contributed by atoms with van der Waals surface area (Å²) in [7, 11) is 0. The second-order valence-electron chi connectivity index (χ2n) is 6.63. The van der Waals surface area contributed by atoms with Crippen LogP contribution in [0.5, 0.6) is 0 Å². The van der Waals surface area contributed by atoms with Gasteiger partial charge in [0.15, 0.2) is 0 Å². The molecule has 0 aromatic rings. The molecule has 0 amide bonds. The van der Waals surface area contributed by atoms with Crippen molar-refractivity contribution in [2.45, 2.75) is 72.3 Å². The van der Waals surface area contributed by atoms with E-state index in [2.05, 4.69) is 19.2 Å². The van der Waals surface area contributed by atoms with E-state index in [1.54, 1.807) is 0 Å². The molecule has 0 aromatic heterocycles. The molecule has 0 aromatic carbocycles. The fourth-order valence-electron chi connectivity index (χ4n) is 3.09. The molecule has 1 aliphatic rings. The van der Waals surface area contributed by atoms with Crippen molar-refractivity contribution in [3.63, 3.8) is 0 Å². The molecular weight excluding hydrogens is 226 g/mol. The molecule has 1 fully saturated rings. The number of hydrogen-bond donors (Lipinski definition) is 2. The van der Waals surface area contributed by atoms with Gasteiger partial charge >= 0.3 is 5.97 Å². The van der Waals surface area contributed by atoms with E-state index in [0.29, 0.717) is 30.8 Å². The summed E-state index contributed by atoms with van der Waals surface area (Å²) in [4.78, 5) is 11.4. The maximum absolute atomic E-state index is 11.4. The van der Waals surface area contributed by atoms with Gasteiger partial charge in [0.2, 0.25) is 0 Å². The summed E-state index contributed by atoms with van der Waals surface area (Å²) in [5, 5.41) is 12.9. The number of hydrogen-bond acceptors (Lipinski definition) is 2. The summed E-state index contributed by atoms with van der Waals surface area (Å²) in [6.07, 6.45) is 6.28. The van der Waals surface area contributed by atoms with E-state index in [1.165, 1.54) is 19.3 Å². The molecule has 3 heteroatoms. The summed E-state index contributed by atoms with van der Waals surface area (Å²) in [6.45, 7) is 9.18. The second-order valence-corrected chi connectivity index (χ2v) is 6.63. The number of carboxylic acids is 1. The van der Waals surface area contributed by atoms with Crippen molar-refractivity contribution < 1.29 is 9.90 Å². The van der Waals surface area contributed by atoms with Crippen LogP contribution in [0.2, 0.25) is 0 Å². The highest BCUT2D eigenvalue weighted by Crippen LogP contribution is 2.35. The number of carboxylic acid groups (broad SMARTS) is 1. The van der Waals surface area contributed by atoms with Gasteiger partial charge in [0.25, 0.3) is 0 Å². The topological polar surface area (TPSA) is 49.3 Å². The lowest BCUT2D eigenvalue weighted by Crippen LogP contribution is -2.46. The first-order valence-corrected chi connectivity index (χ1v) is 7.32. The van der Waals surface area contributed by atoms with Crippen molar-refractivity contribution in [1.82, 2.24) is 5.32 Å². The largest absolute Gasteiger partial charge is 0.481 e. The van der Waals surface area contributed by atoms with E-state index in [4.69, 9.17) is 0 Å². The van der Waals surface area contributed by atoms with Gasteiger partial charge in [-0.15, -0.1) is 0 Å². The fraction of sp³-hybridized carbons (Fsp3) is 0.933. The Morgan fingerprint density at radius 1 is 1.39 bits per heavy atom. The van der Waals surface area contributed by atoms with Gasteiger partial charge in [0, 0.05) is 12.6 Å². The third-order valence-electron chi connectivity index (χ3n) is 4.74. The molecule has 0 aliphatic heterocycles. The predicted octanol–water partition coefficient (Wildman–Crippen LogP) is 3.44. The monoisotopic (exact) mass is 255 g/mol. The number of nitrogens with one attached hydrogen (secondary N) is 1. The van der Waals surface area contributed by atoms with E-state index in [0.717, 1.165) is 6.42 Å². The van der Waals surface area contributed by atoms with Gasteiger partial charge in [-0.05, 0) is 37.5 Å². The van der Waals surface area contributed by atoms with E-state index < -0.39 is 11.4 Å². The van der Waals surface area contributed by atoms with Gasteiger partial charge in [0.1, 0.15) is 0 Å². The summed E-state index contributed by atoms with van der Waals surface area (Å²) in [5.74, 6) is -0.657. The van der Waals surface area contributed by atoms with Gasteiger partial charge in [-0.1, -0.05) is 34.1 Å². The Kier molecular flexibility index (Phi) is 5.20. The molecule has 106 valence electrons. The Balaban J connectivity index is 2.55. The summed E-state index contributed by atoms with van der Waals surface area (Å²) >= 11 is 0. The zero-order valence-electron chi connectivity index (χ0n) is 12.4. The minimum absolute atomic E-state index is 0.403. The average Bonchev–Trinajstić information content (AvgIpc) is 2.29. The molecule has 1 atom stereocenters. The van der Waals surface area contributed by atoms with Crippen LogP contribution in [0.4, 0.5) is 0 Å². The quantitative estimate of drug-likeness (QED) is 0.764. The molecule has 2 N–H and O–H groups in total. The highest BCUT2D eigenvalue weighted by molar-refractivity contribution is 5.74. The molecule has 1 unspecified atom stereocenters. The van der Waals surface area contributed by atoms with Crippen molar-refractivity contribution in [1.29, 1.82) is 0 Å².